The summed E-state index contributed by atoms with van der Waals surface area (Å²) < 4.78 is 0. The van der Waals surface area contributed by atoms with Gasteiger partial charge in [0, 0.05) is 6.42 Å². The molecule has 0 aliphatic carbocycles. The molecule has 0 heterocycles. The lowest BCUT2D eigenvalue weighted by atomic mass is 10.1. The molecule has 0 aliphatic heterocycles. The highest BCUT2D eigenvalue weighted by molar-refractivity contribution is 5.77. The Morgan fingerprint density at radius 2 is 0.585 bits per heavy atom. The Balaban J connectivity index is -0.0000000936. The van der Waals surface area contributed by atoms with E-state index in [1.165, 1.54) is 0 Å². The maximum Gasteiger partial charge on any atom is 0.322 e. The first-order chi connectivity index (χ1) is 24.0. The summed E-state index contributed by atoms with van der Waals surface area (Å²) in [5.74, 6) is -8.44. The Hall–Kier alpha value is -4.72. The molecule has 28 nitrogen and oxygen atoms in total. The van der Waals surface area contributed by atoms with Crippen molar-refractivity contribution in [3.8, 4) is 0 Å². The standard InChI is InChI=1S/C5H10N2O3.C5H11NO2.5C3H7NO3/c6-3(5(9)10)1-2-4(7)8;1-3(2)4(6)5(7)8;5*4-2(1-5)3(6)7/h3H,1-2,6H2,(H2,7,8)(H,9,10);3-4H,6H2,1-2H3,(H,7,8);5*2,5H,1,4H2,(H,6,7)/t3-;4-;5*2-/m0000000/s1. The van der Waals surface area contributed by atoms with Gasteiger partial charge in [0.05, 0.1) is 33.0 Å². The van der Waals surface area contributed by atoms with Gasteiger partial charge in [-0.3, -0.25) is 38.4 Å². The van der Waals surface area contributed by atoms with Gasteiger partial charge in [-0.05, 0) is 12.3 Å². The van der Waals surface area contributed by atoms with Crippen LogP contribution in [0.5, 0.6) is 0 Å². The molecule has 0 radical (unpaired) electrons. The van der Waals surface area contributed by atoms with Gasteiger partial charge in [0.1, 0.15) is 42.3 Å². The molecule has 28 heteroatoms. The van der Waals surface area contributed by atoms with Gasteiger partial charge < -0.3 is 107 Å². The fraction of sp³-hybridized carbons (Fsp3) is 0.680. The minimum atomic E-state index is -1.18. The second-order valence-corrected chi connectivity index (χ2v) is 9.69. The molecule has 1 amide bonds. The normalized spacial score (nSPS) is 13.3. The number of carbonyl (C=O) groups is 8. The molecule has 0 rings (SSSR count). The van der Waals surface area contributed by atoms with Gasteiger partial charge >= 0.3 is 41.8 Å². The molecule has 7 atom stereocenters. The van der Waals surface area contributed by atoms with Crippen molar-refractivity contribution in [3.63, 3.8) is 0 Å². The first-order valence-electron chi connectivity index (χ1n) is 14.2. The smallest absolute Gasteiger partial charge is 0.322 e. The first kappa shape index (κ1) is 63.3. The van der Waals surface area contributed by atoms with Gasteiger partial charge in [0.25, 0.3) is 0 Å². The second-order valence-electron chi connectivity index (χ2n) is 9.69. The van der Waals surface area contributed by atoms with E-state index in [1.54, 1.807) is 13.8 Å². The third kappa shape index (κ3) is 54.2. The van der Waals surface area contributed by atoms with Gasteiger partial charge in [-0.15, -0.1) is 0 Å². The molecule has 0 spiro atoms. The fourth-order valence-electron chi connectivity index (χ4n) is 1.10. The third-order valence-electron chi connectivity index (χ3n) is 4.59. The second kappa shape index (κ2) is 40.1. The van der Waals surface area contributed by atoms with Crippen LogP contribution in [0.25, 0.3) is 0 Å². The summed E-state index contributed by atoms with van der Waals surface area (Å²) in [6.07, 6.45) is 0.123. The number of aliphatic hydroxyl groups excluding tert-OH is 5. The summed E-state index contributed by atoms with van der Waals surface area (Å²) in [5, 5.41) is 95.9. The van der Waals surface area contributed by atoms with Crippen molar-refractivity contribution in [2.45, 2.75) is 69.0 Å². The van der Waals surface area contributed by atoms with Crippen molar-refractivity contribution in [2.75, 3.05) is 33.0 Å². The number of amides is 1. The van der Waals surface area contributed by atoms with Crippen LogP contribution in [0, 0.1) is 5.92 Å². The fourth-order valence-corrected chi connectivity index (χ4v) is 1.10. The molecule has 0 saturated carbocycles. The topological polar surface area (TPSA) is 587 Å². The van der Waals surface area contributed by atoms with Crippen molar-refractivity contribution in [1.29, 1.82) is 0 Å². The number of hydrogen-bond donors (Lipinski definition) is 20. The lowest BCUT2D eigenvalue weighted by Crippen LogP contribution is -2.34. The van der Waals surface area contributed by atoms with Crippen LogP contribution in [-0.2, 0) is 38.4 Å². The number of carboxylic acids is 7. The van der Waals surface area contributed by atoms with Crippen molar-refractivity contribution >= 4 is 47.7 Å². The Morgan fingerprint density at radius 3 is 0.642 bits per heavy atom. The summed E-state index contributed by atoms with van der Waals surface area (Å²) in [7, 11) is 0. The summed E-state index contributed by atoms with van der Waals surface area (Å²) in [5.41, 5.74) is 38.8. The monoisotopic (exact) mass is 788 g/mol. The van der Waals surface area contributed by atoms with E-state index in [4.69, 9.17) is 107 Å². The molecule has 0 aromatic carbocycles. The number of carbonyl (C=O) groups excluding carboxylic acids is 1. The van der Waals surface area contributed by atoms with Crippen molar-refractivity contribution in [2.24, 2.45) is 51.8 Å². The molecule has 0 aromatic rings. The average molecular weight is 789 g/mol. The van der Waals surface area contributed by atoms with Crippen LogP contribution in [0.15, 0.2) is 0 Å². The Bertz CT molecular complexity index is 923. The van der Waals surface area contributed by atoms with E-state index in [9.17, 15) is 38.4 Å². The van der Waals surface area contributed by atoms with Gasteiger partial charge in [0.15, 0.2) is 0 Å². The minimum absolute atomic E-state index is 0.0208. The molecule has 0 aliphatic rings. The molecule has 0 fully saturated rings. The number of aliphatic hydroxyl groups is 5. The van der Waals surface area contributed by atoms with Crippen LogP contribution in [0.4, 0.5) is 0 Å². The van der Waals surface area contributed by atoms with Gasteiger partial charge in [-0.25, -0.2) is 0 Å². The first-order valence-corrected chi connectivity index (χ1v) is 14.2. The summed E-state index contributed by atoms with van der Waals surface area (Å²) >= 11 is 0. The molecule has 0 unspecified atom stereocenters. The van der Waals surface area contributed by atoms with Crippen LogP contribution >= 0.6 is 0 Å². The highest BCUT2D eigenvalue weighted by atomic mass is 16.4. The van der Waals surface area contributed by atoms with Gasteiger partial charge in [-0.2, -0.15) is 0 Å². The van der Waals surface area contributed by atoms with E-state index in [0.29, 0.717) is 0 Å². The number of nitrogens with two attached hydrogens (primary N) is 8. The summed E-state index contributed by atoms with van der Waals surface area (Å²) in [6.45, 7) is 1.03. The maximum absolute atomic E-state index is 10.1. The van der Waals surface area contributed by atoms with E-state index in [-0.39, 0.29) is 18.8 Å². The van der Waals surface area contributed by atoms with E-state index in [0.717, 1.165) is 0 Å². The number of carboxylic acid groups (broad SMARTS) is 7. The van der Waals surface area contributed by atoms with E-state index in [1.807, 2.05) is 0 Å². The molecule has 28 N–H and O–H groups in total. The number of primary amides is 1. The molecule has 53 heavy (non-hydrogen) atoms. The van der Waals surface area contributed by atoms with E-state index >= 15 is 0 Å². The van der Waals surface area contributed by atoms with E-state index in [2.05, 4.69) is 0 Å². The van der Waals surface area contributed by atoms with Crippen LogP contribution in [0.3, 0.4) is 0 Å². The van der Waals surface area contributed by atoms with E-state index < -0.39 is 123 Å². The van der Waals surface area contributed by atoms with Crippen molar-refractivity contribution in [3.05, 3.63) is 0 Å². The molecule has 0 bridgehead atoms. The Morgan fingerprint density at radius 1 is 0.396 bits per heavy atom. The summed E-state index contributed by atoms with van der Waals surface area (Å²) in [4.78, 5) is 78.4. The molecular formula is C25H56N8O20. The predicted octanol–water partition coefficient (Wildman–Crippen LogP) is -9.33. The number of aliphatic carboxylic acids is 7. The number of rotatable bonds is 16. The average Bonchev–Trinajstić information content (AvgIpc) is 3.09. The van der Waals surface area contributed by atoms with Crippen LogP contribution in [-0.4, -0.2) is 184 Å². The van der Waals surface area contributed by atoms with Crippen LogP contribution in [0.2, 0.25) is 0 Å². The van der Waals surface area contributed by atoms with Gasteiger partial charge in [-0.1, -0.05) is 13.8 Å². The molecule has 316 valence electrons. The zero-order valence-corrected chi connectivity index (χ0v) is 28.8. The third-order valence-corrected chi connectivity index (χ3v) is 4.59. The lowest BCUT2D eigenvalue weighted by Gasteiger charge is -2.07. The zero-order chi connectivity index (χ0) is 44.2. The molecular weight excluding hydrogens is 732 g/mol. The largest absolute Gasteiger partial charge is 0.480 e. The lowest BCUT2D eigenvalue weighted by molar-refractivity contribution is -0.140. The Labute approximate surface area is 301 Å². The zero-order valence-electron chi connectivity index (χ0n) is 28.8. The van der Waals surface area contributed by atoms with Crippen LogP contribution < -0.4 is 45.9 Å². The van der Waals surface area contributed by atoms with Crippen LogP contribution in [0.1, 0.15) is 26.7 Å². The predicted molar refractivity (Wildman–Crippen MR) is 178 cm³/mol. The van der Waals surface area contributed by atoms with Gasteiger partial charge in [0.2, 0.25) is 5.91 Å². The maximum atomic E-state index is 10.1. The van der Waals surface area contributed by atoms with Crippen molar-refractivity contribution < 1.29 is 99.6 Å². The highest BCUT2D eigenvalue weighted by Gasteiger charge is 2.14. The summed E-state index contributed by atoms with van der Waals surface area (Å²) in [6, 6.07) is -7.32. The molecule has 0 saturated heterocycles. The van der Waals surface area contributed by atoms with Crippen molar-refractivity contribution in [1.82, 2.24) is 0 Å². The Kier molecular flexibility index (Phi) is 47.9. The highest BCUT2D eigenvalue weighted by Crippen LogP contribution is 1.96. The quantitative estimate of drug-likeness (QED) is 0.0690. The number of hydrogen-bond acceptors (Lipinski definition) is 20. The minimum Gasteiger partial charge on any atom is -0.480 e. The SMILES string of the molecule is CC(C)[C@H](N)C(=O)O.NC(=O)CC[C@H](N)C(=O)O.N[C@@H](CO)C(=O)O.N[C@@H](CO)C(=O)O.N[C@@H](CO)C(=O)O.N[C@@H](CO)C(=O)O.N[C@@H](CO)C(=O)O. The molecule has 0 aromatic heterocycles.